The lowest BCUT2D eigenvalue weighted by Crippen LogP contribution is -2.27. The maximum Gasteiger partial charge on any atom is 0.165 e. The Morgan fingerprint density at radius 2 is 2.15 bits per heavy atom. The molecule has 2 aromatic rings. The molecule has 3 rings (SSSR count). The Morgan fingerprint density at radius 3 is 2.95 bits per heavy atom. The van der Waals surface area contributed by atoms with Crippen LogP contribution in [0.1, 0.15) is 23.6 Å². The molecule has 1 aromatic carbocycles. The second kappa shape index (κ2) is 5.92. The Bertz CT molecular complexity index is 572. The van der Waals surface area contributed by atoms with E-state index in [0.29, 0.717) is 12.6 Å². The minimum absolute atomic E-state index is 0.294. The standard InChI is InChI=1S/C16H18N2O2/c1-19-15-4-2-3-13-14(7-10-20-16(13)15)18-11-12-5-8-17-9-6-12/h2-6,8-9,14,18H,7,10-11H2,1H3. The Hall–Kier alpha value is -2.07. The number of pyridine rings is 1. The minimum Gasteiger partial charge on any atom is -0.493 e. The maximum absolute atomic E-state index is 5.75. The van der Waals surface area contributed by atoms with E-state index >= 15 is 0 Å². The average molecular weight is 270 g/mol. The van der Waals surface area contributed by atoms with Crippen molar-refractivity contribution in [1.29, 1.82) is 0 Å². The molecule has 0 amide bonds. The fourth-order valence-corrected chi connectivity index (χ4v) is 2.51. The van der Waals surface area contributed by atoms with Gasteiger partial charge in [0.05, 0.1) is 13.7 Å². The first-order valence-electron chi connectivity index (χ1n) is 6.80. The number of para-hydroxylation sites is 1. The molecule has 0 bridgehead atoms. The van der Waals surface area contributed by atoms with Crippen molar-refractivity contribution in [2.75, 3.05) is 13.7 Å². The first-order chi connectivity index (χ1) is 9.88. The van der Waals surface area contributed by atoms with Gasteiger partial charge in [0.15, 0.2) is 11.5 Å². The summed E-state index contributed by atoms with van der Waals surface area (Å²) in [5, 5.41) is 3.58. The van der Waals surface area contributed by atoms with E-state index in [-0.39, 0.29) is 0 Å². The molecule has 0 spiro atoms. The number of hydrogen-bond acceptors (Lipinski definition) is 4. The van der Waals surface area contributed by atoms with Crippen molar-refractivity contribution < 1.29 is 9.47 Å². The molecule has 0 aliphatic carbocycles. The van der Waals surface area contributed by atoms with E-state index in [1.54, 1.807) is 7.11 Å². The van der Waals surface area contributed by atoms with E-state index in [9.17, 15) is 0 Å². The summed E-state index contributed by atoms with van der Waals surface area (Å²) in [6.07, 6.45) is 4.60. The normalized spacial score (nSPS) is 17.1. The van der Waals surface area contributed by atoms with E-state index in [2.05, 4.69) is 16.4 Å². The van der Waals surface area contributed by atoms with Crippen molar-refractivity contribution in [2.45, 2.75) is 19.0 Å². The predicted octanol–water partition coefficient (Wildman–Crippen LogP) is 2.70. The third kappa shape index (κ3) is 2.60. The minimum atomic E-state index is 0.294. The first kappa shape index (κ1) is 12.9. The summed E-state index contributed by atoms with van der Waals surface area (Å²) in [4.78, 5) is 4.03. The van der Waals surface area contributed by atoms with E-state index < -0.39 is 0 Å². The van der Waals surface area contributed by atoms with Gasteiger partial charge < -0.3 is 14.8 Å². The van der Waals surface area contributed by atoms with E-state index in [0.717, 1.165) is 24.5 Å². The number of ether oxygens (including phenoxy) is 2. The van der Waals surface area contributed by atoms with Crippen LogP contribution >= 0.6 is 0 Å². The summed E-state index contributed by atoms with van der Waals surface area (Å²) in [6, 6.07) is 10.4. The fraction of sp³-hybridized carbons (Fsp3) is 0.312. The van der Waals surface area contributed by atoms with Crippen LogP contribution < -0.4 is 14.8 Å². The van der Waals surface area contributed by atoms with Crippen LogP contribution in [0.5, 0.6) is 11.5 Å². The number of aromatic nitrogens is 1. The zero-order chi connectivity index (χ0) is 13.8. The van der Waals surface area contributed by atoms with Crippen LogP contribution in [0.4, 0.5) is 0 Å². The number of hydrogen-bond donors (Lipinski definition) is 1. The maximum atomic E-state index is 5.75. The lowest BCUT2D eigenvalue weighted by Gasteiger charge is -2.28. The molecule has 0 saturated carbocycles. The lowest BCUT2D eigenvalue weighted by atomic mass is 9.99. The molecule has 1 aromatic heterocycles. The summed E-state index contributed by atoms with van der Waals surface area (Å²) >= 11 is 0. The molecule has 1 unspecified atom stereocenters. The summed E-state index contributed by atoms with van der Waals surface area (Å²) in [5.41, 5.74) is 2.40. The third-order valence-electron chi connectivity index (χ3n) is 3.56. The molecule has 2 heterocycles. The highest BCUT2D eigenvalue weighted by molar-refractivity contribution is 5.49. The van der Waals surface area contributed by atoms with Crippen molar-refractivity contribution in [3.05, 3.63) is 53.9 Å². The number of fused-ring (bicyclic) bond motifs is 1. The van der Waals surface area contributed by atoms with E-state index in [1.807, 2.05) is 36.7 Å². The van der Waals surface area contributed by atoms with Crippen LogP contribution in [0.2, 0.25) is 0 Å². The van der Waals surface area contributed by atoms with Crippen molar-refractivity contribution in [3.8, 4) is 11.5 Å². The SMILES string of the molecule is COc1cccc2c1OCCC2NCc1ccncc1. The molecular weight excluding hydrogens is 252 g/mol. The van der Waals surface area contributed by atoms with Gasteiger partial charge in [-0.15, -0.1) is 0 Å². The quantitative estimate of drug-likeness (QED) is 0.927. The zero-order valence-corrected chi connectivity index (χ0v) is 11.5. The molecule has 1 aliphatic heterocycles. The van der Waals surface area contributed by atoms with Crippen LogP contribution in [-0.4, -0.2) is 18.7 Å². The molecular formula is C16H18N2O2. The molecule has 0 saturated heterocycles. The summed E-state index contributed by atoms with van der Waals surface area (Å²) in [6.45, 7) is 1.53. The Labute approximate surface area is 118 Å². The van der Waals surface area contributed by atoms with Gasteiger partial charge in [-0.3, -0.25) is 4.98 Å². The van der Waals surface area contributed by atoms with E-state index in [1.165, 1.54) is 11.1 Å². The fourth-order valence-electron chi connectivity index (χ4n) is 2.51. The molecule has 20 heavy (non-hydrogen) atoms. The largest absolute Gasteiger partial charge is 0.493 e. The van der Waals surface area contributed by atoms with Gasteiger partial charge in [-0.2, -0.15) is 0 Å². The Kier molecular flexibility index (Phi) is 3.83. The molecule has 4 nitrogen and oxygen atoms in total. The number of nitrogens with zero attached hydrogens (tertiary/aromatic N) is 1. The molecule has 104 valence electrons. The monoisotopic (exact) mass is 270 g/mol. The van der Waals surface area contributed by atoms with Gasteiger partial charge in [0.2, 0.25) is 0 Å². The number of methoxy groups -OCH3 is 1. The van der Waals surface area contributed by atoms with Crippen LogP contribution in [0.25, 0.3) is 0 Å². The van der Waals surface area contributed by atoms with Gasteiger partial charge in [0.1, 0.15) is 0 Å². The van der Waals surface area contributed by atoms with Crippen molar-refractivity contribution in [2.24, 2.45) is 0 Å². The lowest BCUT2D eigenvalue weighted by molar-refractivity contribution is 0.239. The van der Waals surface area contributed by atoms with Crippen LogP contribution in [-0.2, 0) is 6.54 Å². The van der Waals surface area contributed by atoms with Gasteiger partial charge in [0, 0.05) is 37.0 Å². The topological polar surface area (TPSA) is 43.4 Å². The van der Waals surface area contributed by atoms with Crippen molar-refractivity contribution >= 4 is 0 Å². The Morgan fingerprint density at radius 1 is 1.30 bits per heavy atom. The smallest absolute Gasteiger partial charge is 0.165 e. The predicted molar refractivity (Wildman–Crippen MR) is 76.9 cm³/mol. The highest BCUT2D eigenvalue weighted by Gasteiger charge is 2.23. The number of rotatable bonds is 4. The second-order valence-electron chi connectivity index (χ2n) is 4.80. The number of benzene rings is 1. The summed E-state index contributed by atoms with van der Waals surface area (Å²) in [5.74, 6) is 1.67. The van der Waals surface area contributed by atoms with E-state index in [4.69, 9.17) is 9.47 Å². The van der Waals surface area contributed by atoms with Gasteiger partial charge in [-0.1, -0.05) is 12.1 Å². The highest BCUT2D eigenvalue weighted by atomic mass is 16.5. The molecule has 4 heteroatoms. The van der Waals surface area contributed by atoms with Crippen molar-refractivity contribution in [3.63, 3.8) is 0 Å². The van der Waals surface area contributed by atoms with Crippen LogP contribution in [0.15, 0.2) is 42.7 Å². The first-order valence-corrected chi connectivity index (χ1v) is 6.80. The molecule has 1 aliphatic rings. The number of nitrogens with one attached hydrogen (secondary N) is 1. The second-order valence-corrected chi connectivity index (χ2v) is 4.80. The molecule has 1 atom stereocenters. The molecule has 1 N–H and O–H groups in total. The van der Waals surface area contributed by atoms with Gasteiger partial charge >= 0.3 is 0 Å². The van der Waals surface area contributed by atoms with Gasteiger partial charge in [0.25, 0.3) is 0 Å². The van der Waals surface area contributed by atoms with Gasteiger partial charge in [-0.05, 0) is 23.8 Å². The average Bonchev–Trinajstić information content (AvgIpc) is 2.53. The highest BCUT2D eigenvalue weighted by Crippen LogP contribution is 2.39. The Balaban J connectivity index is 1.77. The van der Waals surface area contributed by atoms with Crippen LogP contribution in [0.3, 0.4) is 0 Å². The zero-order valence-electron chi connectivity index (χ0n) is 11.5. The summed E-state index contributed by atoms with van der Waals surface area (Å²) < 4.78 is 11.1. The molecule has 0 radical (unpaired) electrons. The molecule has 0 fully saturated rings. The van der Waals surface area contributed by atoms with Gasteiger partial charge in [-0.25, -0.2) is 0 Å². The third-order valence-corrected chi connectivity index (χ3v) is 3.56. The van der Waals surface area contributed by atoms with Crippen LogP contribution in [0, 0.1) is 0 Å². The summed E-state index contributed by atoms with van der Waals surface area (Å²) in [7, 11) is 1.67. The van der Waals surface area contributed by atoms with Crippen molar-refractivity contribution in [1.82, 2.24) is 10.3 Å².